The fraction of sp³-hybridized carbons (Fsp3) is 0.429. The van der Waals surface area contributed by atoms with Crippen LogP contribution in [0.2, 0.25) is 0 Å². The maximum Gasteiger partial charge on any atom is 0.234 e. The summed E-state index contributed by atoms with van der Waals surface area (Å²) in [6.07, 6.45) is 4.29. The molecule has 0 bridgehead atoms. The summed E-state index contributed by atoms with van der Waals surface area (Å²) >= 11 is 1.57. The number of ether oxygens (including phenoxy) is 2. The molecule has 1 aromatic heterocycles. The number of rotatable bonds is 8. The van der Waals surface area contributed by atoms with Gasteiger partial charge in [0.15, 0.2) is 0 Å². The molecule has 2 saturated heterocycles. The van der Waals surface area contributed by atoms with Crippen LogP contribution in [0.1, 0.15) is 36.6 Å². The summed E-state index contributed by atoms with van der Waals surface area (Å²) in [5.41, 5.74) is 4.58. The van der Waals surface area contributed by atoms with Crippen LogP contribution < -0.4 is 0 Å². The zero-order valence-corrected chi connectivity index (χ0v) is 20.9. The predicted octanol–water partition coefficient (Wildman–Crippen LogP) is 4.80. The molecule has 1 aromatic carbocycles. The Bertz CT molecular complexity index is 1150. The molecule has 0 saturated carbocycles. The van der Waals surface area contributed by atoms with Crippen LogP contribution in [-0.4, -0.2) is 48.2 Å². The maximum absolute atomic E-state index is 13.5. The first-order chi connectivity index (χ1) is 17.0. The average Bonchev–Trinajstić information content (AvgIpc) is 3.56. The molecule has 2 aliphatic heterocycles. The normalized spacial score (nSPS) is 26.5. The molecule has 2 aromatic rings. The van der Waals surface area contributed by atoms with Gasteiger partial charge in [-0.1, -0.05) is 29.8 Å². The minimum Gasteiger partial charge on any atom is -0.508 e. The molecule has 0 unspecified atom stereocenters. The molecule has 35 heavy (non-hydrogen) atoms. The second-order valence-electron chi connectivity index (χ2n) is 9.72. The third-order valence-corrected chi connectivity index (χ3v) is 8.28. The fourth-order valence-corrected chi connectivity index (χ4v) is 6.54. The van der Waals surface area contributed by atoms with Gasteiger partial charge in [-0.3, -0.25) is 14.5 Å². The minimum atomic E-state index is -0.336. The van der Waals surface area contributed by atoms with Gasteiger partial charge in [-0.05, 0) is 66.5 Å². The molecular weight excluding hydrogens is 462 g/mol. The SMILES string of the molecule is COCC1=C2[C@@H](CC/C(C)=C/c3ccc(O)cc3)OC[C@@H]2[C@@H]2C(=O)N(Cc3cccs3)C(=O)[C@@H]2C1. The van der Waals surface area contributed by atoms with E-state index in [1.165, 1.54) is 16.0 Å². The Morgan fingerprint density at radius 3 is 2.71 bits per heavy atom. The van der Waals surface area contributed by atoms with Crippen molar-refractivity contribution in [1.29, 1.82) is 0 Å². The fourth-order valence-electron chi connectivity index (χ4n) is 5.85. The van der Waals surface area contributed by atoms with Gasteiger partial charge in [0.2, 0.25) is 11.8 Å². The summed E-state index contributed by atoms with van der Waals surface area (Å²) in [6, 6.07) is 11.1. The van der Waals surface area contributed by atoms with Crippen molar-refractivity contribution < 1.29 is 24.2 Å². The van der Waals surface area contributed by atoms with Crippen LogP contribution in [-0.2, 0) is 25.6 Å². The van der Waals surface area contributed by atoms with E-state index in [2.05, 4.69) is 13.0 Å². The largest absolute Gasteiger partial charge is 0.508 e. The van der Waals surface area contributed by atoms with E-state index in [-0.39, 0.29) is 41.4 Å². The number of benzene rings is 1. The number of likely N-dealkylation sites (tertiary alicyclic amines) is 1. The number of hydrogen-bond acceptors (Lipinski definition) is 6. The number of phenols is 1. The number of phenolic OH excluding ortho intramolecular Hbond substituents is 1. The molecule has 184 valence electrons. The number of aromatic hydroxyl groups is 1. The van der Waals surface area contributed by atoms with Crippen molar-refractivity contribution in [3.63, 3.8) is 0 Å². The highest BCUT2D eigenvalue weighted by Gasteiger charge is 2.56. The second-order valence-corrected chi connectivity index (χ2v) is 10.8. The lowest BCUT2D eigenvalue weighted by atomic mass is 9.69. The van der Waals surface area contributed by atoms with Gasteiger partial charge in [-0.25, -0.2) is 0 Å². The Morgan fingerprint density at radius 1 is 1.20 bits per heavy atom. The third kappa shape index (κ3) is 4.73. The van der Waals surface area contributed by atoms with Crippen molar-refractivity contribution in [2.24, 2.45) is 17.8 Å². The summed E-state index contributed by atoms with van der Waals surface area (Å²) in [4.78, 5) is 29.2. The first-order valence-electron chi connectivity index (χ1n) is 12.1. The van der Waals surface area contributed by atoms with Gasteiger partial charge in [0.05, 0.1) is 37.7 Å². The minimum absolute atomic E-state index is 0.0555. The van der Waals surface area contributed by atoms with Crippen molar-refractivity contribution in [2.45, 2.75) is 38.8 Å². The molecule has 0 radical (unpaired) electrons. The second kappa shape index (κ2) is 10.1. The van der Waals surface area contributed by atoms with Crippen molar-refractivity contribution in [3.05, 3.63) is 68.9 Å². The molecule has 1 aliphatic carbocycles. The lowest BCUT2D eigenvalue weighted by Gasteiger charge is -2.31. The van der Waals surface area contributed by atoms with Crippen molar-refractivity contribution >= 4 is 29.2 Å². The number of allylic oxidation sites excluding steroid dienone is 1. The highest BCUT2D eigenvalue weighted by Crippen LogP contribution is 2.50. The number of imide groups is 1. The molecule has 3 heterocycles. The molecular formula is C28H31NO5S. The lowest BCUT2D eigenvalue weighted by molar-refractivity contribution is -0.140. The average molecular weight is 494 g/mol. The Morgan fingerprint density at radius 2 is 2.00 bits per heavy atom. The third-order valence-electron chi connectivity index (χ3n) is 7.42. The number of amides is 2. The number of hydrogen-bond donors (Lipinski definition) is 1. The predicted molar refractivity (Wildman–Crippen MR) is 135 cm³/mol. The van der Waals surface area contributed by atoms with Crippen molar-refractivity contribution in [3.8, 4) is 5.75 Å². The monoisotopic (exact) mass is 493 g/mol. The van der Waals surface area contributed by atoms with E-state index in [1.54, 1.807) is 30.6 Å². The molecule has 6 nitrogen and oxygen atoms in total. The number of carbonyl (C=O) groups excluding carboxylic acids is 2. The number of nitrogens with zero attached hydrogens (tertiary/aromatic N) is 1. The van der Waals surface area contributed by atoms with Crippen LogP contribution in [0.4, 0.5) is 0 Å². The summed E-state index contributed by atoms with van der Waals surface area (Å²) < 4.78 is 11.8. The van der Waals surface area contributed by atoms with Crippen LogP contribution in [0.5, 0.6) is 5.75 Å². The maximum atomic E-state index is 13.5. The highest BCUT2D eigenvalue weighted by molar-refractivity contribution is 7.09. The van der Waals surface area contributed by atoms with Crippen molar-refractivity contribution in [1.82, 2.24) is 4.90 Å². The Labute approximate surface area is 209 Å². The molecule has 5 rings (SSSR count). The Balaban J connectivity index is 1.33. The zero-order valence-electron chi connectivity index (χ0n) is 20.1. The van der Waals surface area contributed by atoms with Crippen LogP contribution >= 0.6 is 11.3 Å². The van der Waals surface area contributed by atoms with Gasteiger partial charge in [0.25, 0.3) is 0 Å². The summed E-state index contributed by atoms with van der Waals surface area (Å²) in [5, 5.41) is 11.5. The molecule has 1 N–H and O–H groups in total. The highest BCUT2D eigenvalue weighted by atomic mass is 32.1. The number of methoxy groups -OCH3 is 1. The van der Waals surface area contributed by atoms with Crippen LogP contribution in [0.25, 0.3) is 6.08 Å². The van der Waals surface area contributed by atoms with Gasteiger partial charge >= 0.3 is 0 Å². The van der Waals surface area contributed by atoms with Crippen molar-refractivity contribution in [2.75, 3.05) is 20.3 Å². The Hall–Kier alpha value is -2.74. The first-order valence-corrected chi connectivity index (χ1v) is 13.0. The summed E-state index contributed by atoms with van der Waals surface area (Å²) in [7, 11) is 1.68. The van der Waals surface area contributed by atoms with E-state index < -0.39 is 0 Å². The van der Waals surface area contributed by atoms with E-state index >= 15 is 0 Å². The van der Waals surface area contributed by atoms with Crippen LogP contribution in [0.15, 0.2) is 58.5 Å². The zero-order chi connectivity index (χ0) is 24.5. The van der Waals surface area contributed by atoms with Crippen LogP contribution in [0, 0.1) is 17.8 Å². The number of fused-ring (bicyclic) bond motifs is 3. The smallest absolute Gasteiger partial charge is 0.234 e. The molecule has 2 amide bonds. The molecule has 7 heteroatoms. The molecule has 4 atom stereocenters. The number of carbonyl (C=O) groups is 2. The molecule has 3 aliphatic rings. The molecule has 2 fully saturated rings. The van der Waals surface area contributed by atoms with E-state index in [0.29, 0.717) is 26.2 Å². The summed E-state index contributed by atoms with van der Waals surface area (Å²) in [6.45, 7) is 3.39. The van der Waals surface area contributed by atoms with Gasteiger partial charge < -0.3 is 14.6 Å². The lowest BCUT2D eigenvalue weighted by Crippen LogP contribution is -2.35. The van der Waals surface area contributed by atoms with Gasteiger partial charge in [-0.15, -0.1) is 11.3 Å². The van der Waals surface area contributed by atoms with Gasteiger partial charge in [0.1, 0.15) is 5.75 Å². The van der Waals surface area contributed by atoms with E-state index in [4.69, 9.17) is 9.47 Å². The van der Waals surface area contributed by atoms with E-state index in [0.717, 1.165) is 28.9 Å². The van der Waals surface area contributed by atoms with Gasteiger partial charge in [0, 0.05) is 17.9 Å². The van der Waals surface area contributed by atoms with Gasteiger partial charge in [-0.2, -0.15) is 0 Å². The van der Waals surface area contributed by atoms with E-state index in [1.807, 2.05) is 29.6 Å². The number of thiophene rings is 1. The summed E-state index contributed by atoms with van der Waals surface area (Å²) in [5.74, 6) is -0.573. The molecule has 0 spiro atoms. The van der Waals surface area contributed by atoms with Crippen LogP contribution in [0.3, 0.4) is 0 Å². The Kier molecular flexibility index (Phi) is 6.91. The quantitative estimate of drug-likeness (QED) is 0.422. The van der Waals surface area contributed by atoms with E-state index in [9.17, 15) is 14.7 Å². The standard InChI is InChI=1S/C28H31NO5S/c1-17(12-18-6-8-20(30)9-7-18)5-10-24-25-19(15-33-2)13-22-26(23(25)16-34-24)28(32)29(27(22)31)14-21-4-3-11-35-21/h3-4,6-9,11-12,22-24,26,30H,5,10,13-16H2,1-2H3/b17-12+/t22-,23+,24-,26-/m1/s1. The first kappa shape index (κ1) is 24.0. The topological polar surface area (TPSA) is 76.1 Å².